The second-order valence-electron chi connectivity index (χ2n) is 8.65. The molecule has 3 aromatic rings. The van der Waals surface area contributed by atoms with Crippen LogP contribution in [0.4, 0.5) is 5.69 Å². The van der Waals surface area contributed by atoms with Gasteiger partial charge in [-0.3, -0.25) is 9.59 Å². The van der Waals surface area contributed by atoms with Crippen LogP contribution in [0, 0.1) is 6.92 Å². The minimum Gasteiger partial charge on any atom is -0.476 e. The van der Waals surface area contributed by atoms with Crippen molar-refractivity contribution in [2.75, 3.05) is 24.5 Å². The number of nitrogens with zero attached hydrogens (tertiary/aromatic N) is 3. The Labute approximate surface area is 197 Å². The standard InChI is InChI=1S/C26H27N3O3S/c1-18-9-11-19(12-10-18)25-27-20(17-33-25)15-24(30)29-16-23(26(31)28-13-5-2-6-14-28)32-22-8-4-3-7-21(22)29/h3-4,7-12,17,23H,2,5-6,13-16H2,1H3. The van der Waals surface area contributed by atoms with Crippen LogP contribution in [0.1, 0.15) is 30.5 Å². The molecule has 2 amide bonds. The number of carbonyl (C=O) groups excluding carboxylic acids is 2. The van der Waals surface area contributed by atoms with Crippen LogP contribution in [0.5, 0.6) is 5.75 Å². The normalized spacial score (nSPS) is 17.9. The van der Waals surface area contributed by atoms with Crippen LogP contribution in [0.15, 0.2) is 53.9 Å². The first-order valence-corrected chi connectivity index (χ1v) is 12.3. The Hall–Kier alpha value is -3.19. The maximum Gasteiger partial charge on any atom is 0.265 e. The van der Waals surface area contributed by atoms with Crippen molar-refractivity contribution >= 4 is 28.8 Å². The largest absolute Gasteiger partial charge is 0.476 e. The fourth-order valence-electron chi connectivity index (χ4n) is 4.38. The maximum absolute atomic E-state index is 13.4. The summed E-state index contributed by atoms with van der Waals surface area (Å²) in [6, 6.07) is 15.7. The first-order valence-electron chi connectivity index (χ1n) is 11.4. The summed E-state index contributed by atoms with van der Waals surface area (Å²) in [5.74, 6) is 0.464. The molecule has 33 heavy (non-hydrogen) atoms. The second-order valence-corrected chi connectivity index (χ2v) is 9.51. The van der Waals surface area contributed by atoms with E-state index in [1.165, 1.54) is 16.9 Å². The summed E-state index contributed by atoms with van der Waals surface area (Å²) in [6.07, 6.45) is 2.69. The molecule has 1 fully saturated rings. The summed E-state index contributed by atoms with van der Waals surface area (Å²) < 4.78 is 6.05. The highest BCUT2D eigenvalue weighted by atomic mass is 32.1. The molecule has 2 aliphatic heterocycles. The number of aromatic nitrogens is 1. The molecule has 6 nitrogen and oxygen atoms in total. The molecule has 1 aromatic heterocycles. The number of rotatable bonds is 4. The van der Waals surface area contributed by atoms with Gasteiger partial charge in [0.15, 0.2) is 6.10 Å². The molecule has 0 saturated carbocycles. The van der Waals surface area contributed by atoms with E-state index < -0.39 is 6.10 Å². The van der Waals surface area contributed by atoms with Gasteiger partial charge in [0.25, 0.3) is 5.91 Å². The zero-order valence-corrected chi connectivity index (χ0v) is 19.5. The van der Waals surface area contributed by atoms with Crippen LogP contribution < -0.4 is 9.64 Å². The lowest BCUT2D eigenvalue weighted by Crippen LogP contribution is -2.53. The molecule has 0 radical (unpaired) electrons. The lowest BCUT2D eigenvalue weighted by molar-refractivity contribution is -0.139. The summed E-state index contributed by atoms with van der Waals surface area (Å²) in [7, 11) is 0. The number of fused-ring (bicyclic) bond motifs is 1. The van der Waals surface area contributed by atoms with E-state index in [4.69, 9.17) is 9.72 Å². The number of piperidine rings is 1. The average Bonchev–Trinajstić information content (AvgIpc) is 3.32. The zero-order chi connectivity index (χ0) is 22.8. The molecule has 2 aliphatic rings. The van der Waals surface area contributed by atoms with Gasteiger partial charge in [0.2, 0.25) is 5.91 Å². The first-order chi connectivity index (χ1) is 16.1. The predicted octanol–water partition coefficient (Wildman–Crippen LogP) is 4.47. The molecule has 2 aromatic carbocycles. The van der Waals surface area contributed by atoms with Crippen molar-refractivity contribution in [1.82, 2.24) is 9.88 Å². The van der Waals surface area contributed by atoms with Gasteiger partial charge in [0, 0.05) is 24.0 Å². The average molecular weight is 462 g/mol. The van der Waals surface area contributed by atoms with E-state index in [1.54, 1.807) is 4.90 Å². The van der Waals surface area contributed by atoms with Gasteiger partial charge >= 0.3 is 0 Å². The molecule has 1 atom stereocenters. The zero-order valence-electron chi connectivity index (χ0n) is 18.7. The lowest BCUT2D eigenvalue weighted by atomic mass is 10.1. The van der Waals surface area contributed by atoms with Crippen LogP contribution in [-0.2, 0) is 16.0 Å². The Bertz CT molecular complexity index is 1150. The molecule has 170 valence electrons. The smallest absolute Gasteiger partial charge is 0.265 e. The number of amides is 2. The third-order valence-electron chi connectivity index (χ3n) is 6.20. The summed E-state index contributed by atoms with van der Waals surface area (Å²) in [5, 5.41) is 2.84. The lowest BCUT2D eigenvalue weighted by Gasteiger charge is -2.37. The fourth-order valence-corrected chi connectivity index (χ4v) is 5.21. The van der Waals surface area contributed by atoms with Gasteiger partial charge in [0.05, 0.1) is 24.3 Å². The number of likely N-dealkylation sites (tertiary alicyclic amines) is 1. The van der Waals surface area contributed by atoms with Crippen LogP contribution >= 0.6 is 11.3 Å². The van der Waals surface area contributed by atoms with Crippen molar-refractivity contribution in [3.05, 3.63) is 65.2 Å². The summed E-state index contributed by atoms with van der Waals surface area (Å²) in [4.78, 5) is 34.8. The monoisotopic (exact) mass is 461 g/mol. The number of hydrogen-bond donors (Lipinski definition) is 0. The number of thiazole rings is 1. The van der Waals surface area contributed by atoms with Gasteiger partial charge in [-0.05, 0) is 38.3 Å². The minimum absolute atomic E-state index is 0.0303. The molecule has 0 N–H and O–H groups in total. The Balaban J connectivity index is 1.34. The third kappa shape index (κ3) is 4.64. The van der Waals surface area contributed by atoms with Crippen LogP contribution in [0.25, 0.3) is 10.6 Å². The van der Waals surface area contributed by atoms with E-state index in [0.717, 1.165) is 48.6 Å². The SMILES string of the molecule is Cc1ccc(-c2nc(CC(=O)N3CC(C(=O)N4CCCCC4)Oc4ccccc43)cs2)cc1. The van der Waals surface area contributed by atoms with Crippen molar-refractivity contribution in [2.45, 2.75) is 38.7 Å². The van der Waals surface area contributed by atoms with Gasteiger partial charge in [-0.25, -0.2) is 4.98 Å². The molecule has 0 bridgehead atoms. The Morgan fingerprint density at radius 1 is 1.06 bits per heavy atom. The molecular weight excluding hydrogens is 434 g/mol. The highest BCUT2D eigenvalue weighted by molar-refractivity contribution is 7.13. The molecule has 3 heterocycles. The summed E-state index contributed by atoms with van der Waals surface area (Å²) >= 11 is 1.54. The van der Waals surface area contributed by atoms with Crippen molar-refractivity contribution in [1.29, 1.82) is 0 Å². The van der Waals surface area contributed by atoms with E-state index in [0.29, 0.717) is 11.4 Å². The molecule has 1 unspecified atom stereocenters. The quantitative estimate of drug-likeness (QED) is 0.575. The minimum atomic E-state index is -0.680. The predicted molar refractivity (Wildman–Crippen MR) is 130 cm³/mol. The van der Waals surface area contributed by atoms with Crippen molar-refractivity contribution in [2.24, 2.45) is 0 Å². The van der Waals surface area contributed by atoms with Gasteiger partial charge in [-0.15, -0.1) is 11.3 Å². The van der Waals surface area contributed by atoms with E-state index >= 15 is 0 Å². The number of carbonyl (C=O) groups is 2. The van der Waals surface area contributed by atoms with Crippen LogP contribution in [0.3, 0.4) is 0 Å². The number of benzene rings is 2. The molecular formula is C26H27N3O3S. The molecule has 0 aliphatic carbocycles. The molecule has 1 saturated heterocycles. The number of para-hydroxylation sites is 2. The summed E-state index contributed by atoms with van der Waals surface area (Å²) in [5.41, 5.74) is 3.70. The summed E-state index contributed by atoms with van der Waals surface area (Å²) in [6.45, 7) is 3.79. The topological polar surface area (TPSA) is 62.7 Å². The van der Waals surface area contributed by atoms with Gasteiger partial charge in [-0.1, -0.05) is 42.0 Å². The number of aryl methyl sites for hydroxylation is 1. The van der Waals surface area contributed by atoms with Crippen molar-refractivity contribution in [3.63, 3.8) is 0 Å². The van der Waals surface area contributed by atoms with Crippen molar-refractivity contribution in [3.8, 4) is 16.3 Å². The number of hydrogen-bond acceptors (Lipinski definition) is 5. The maximum atomic E-state index is 13.4. The second kappa shape index (κ2) is 9.35. The van der Waals surface area contributed by atoms with Crippen LogP contribution in [-0.4, -0.2) is 47.4 Å². The Morgan fingerprint density at radius 3 is 2.61 bits per heavy atom. The Morgan fingerprint density at radius 2 is 1.82 bits per heavy atom. The van der Waals surface area contributed by atoms with Gasteiger partial charge < -0.3 is 14.5 Å². The highest BCUT2D eigenvalue weighted by Gasteiger charge is 2.36. The van der Waals surface area contributed by atoms with Gasteiger partial charge in [0.1, 0.15) is 10.8 Å². The van der Waals surface area contributed by atoms with E-state index in [9.17, 15) is 9.59 Å². The van der Waals surface area contributed by atoms with Crippen LogP contribution in [0.2, 0.25) is 0 Å². The molecule has 0 spiro atoms. The fraction of sp³-hybridized carbons (Fsp3) is 0.346. The van der Waals surface area contributed by atoms with Gasteiger partial charge in [-0.2, -0.15) is 0 Å². The molecule has 7 heteroatoms. The Kier molecular flexibility index (Phi) is 6.13. The molecule has 5 rings (SSSR count). The van der Waals surface area contributed by atoms with E-state index in [1.807, 2.05) is 34.5 Å². The van der Waals surface area contributed by atoms with Crippen molar-refractivity contribution < 1.29 is 14.3 Å². The van der Waals surface area contributed by atoms with E-state index in [-0.39, 0.29) is 24.8 Å². The third-order valence-corrected chi connectivity index (χ3v) is 7.14. The van der Waals surface area contributed by atoms with E-state index in [2.05, 4.69) is 31.2 Å². The first kappa shape index (κ1) is 21.6. The number of anilines is 1. The number of ether oxygens (including phenoxy) is 1. The highest BCUT2D eigenvalue weighted by Crippen LogP contribution is 2.34.